The highest BCUT2D eigenvalue weighted by molar-refractivity contribution is 5.63. The molecule has 0 N–H and O–H groups in total. The Morgan fingerprint density at radius 3 is 2.18 bits per heavy atom. The van der Waals surface area contributed by atoms with Gasteiger partial charge >= 0.3 is 0 Å². The summed E-state index contributed by atoms with van der Waals surface area (Å²) in [4.78, 5) is 0. The predicted octanol–water partition coefficient (Wildman–Crippen LogP) is 6.39. The fraction of sp³-hybridized carbons (Fsp3) is 0.400. The first-order chi connectivity index (χ1) is 10.6. The van der Waals surface area contributed by atoms with Crippen molar-refractivity contribution in [2.75, 3.05) is 0 Å². The van der Waals surface area contributed by atoms with Crippen LogP contribution in [-0.4, -0.2) is 0 Å². The van der Waals surface area contributed by atoms with E-state index in [4.69, 9.17) is 0 Å². The number of hydrogen-bond acceptors (Lipinski definition) is 0. The molecule has 22 heavy (non-hydrogen) atoms. The standard InChI is InChI=1S/C20H24F2/c1-3-5-15(2)6-4-7-16-8-10-17(11-9-16)18-12-13-19(21)20(22)14-18/h8-15H,3-7H2,1-2H3. The van der Waals surface area contributed by atoms with Gasteiger partial charge in [-0.15, -0.1) is 0 Å². The third-order valence-corrected chi connectivity index (χ3v) is 4.15. The smallest absolute Gasteiger partial charge is 0.159 e. The van der Waals surface area contributed by atoms with Gasteiger partial charge in [0.2, 0.25) is 0 Å². The van der Waals surface area contributed by atoms with Crippen LogP contribution in [0, 0.1) is 17.6 Å². The van der Waals surface area contributed by atoms with Crippen molar-refractivity contribution >= 4 is 0 Å². The third-order valence-electron chi connectivity index (χ3n) is 4.15. The Labute approximate surface area is 132 Å². The van der Waals surface area contributed by atoms with Gasteiger partial charge in [0, 0.05) is 0 Å². The summed E-state index contributed by atoms with van der Waals surface area (Å²) in [6.45, 7) is 4.54. The summed E-state index contributed by atoms with van der Waals surface area (Å²) in [5, 5.41) is 0. The molecular formula is C20H24F2. The molecule has 0 bridgehead atoms. The van der Waals surface area contributed by atoms with E-state index in [9.17, 15) is 8.78 Å². The minimum atomic E-state index is -0.804. The zero-order valence-corrected chi connectivity index (χ0v) is 13.4. The quantitative estimate of drug-likeness (QED) is 0.556. The lowest BCUT2D eigenvalue weighted by Crippen LogP contribution is -1.95. The molecule has 0 amide bonds. The van der Waals surface area contributed by atoms with E-state index in [0.717, 1.165) is 17.9 Å². The molecule has 0 spiro atoms. The normalized spacial score (nSPS) is 12.4. The van der Waals surface area contributed by atoms with Crippen LogP contribution in [-0.2, 0) is 6.42 Å². The first kappa shape index (κ1) is 16.7. The van der Waals surface area contributed by atoms with Gasteiger partial charge in [-0.1, -0.05) is 63.4 Å². The Morgan fingerprint density at radius 1 is 0.864 bits per heavy atom. The first-order valence-corrected chi connectivity index (χ1v) is 8.14. The molecule has 2 rings (SSSR count). The summed E-state index contributed by atoms with van der Waals surface area (Å²) < 4.78 is 26.2. The molecule has 0 aromatic heterocycles. The molecule has 0 radical (unpaired) electrons. The van der Waals surface area contributed by atoms with Crippen molar-refractivity contribution in [3.8, 4) is 11.1 Å². The molecule has 0 saturated heterocycles. The number of aryl methyl sites for hydroxylation is 1. The summed E-state index contributed by atoms with van der Waals surface area (Å²) >= 11 is 0. The SMILES string of the molecule is CCCC(C)CCCc1ccc(-c2ccc(F)c(F)c2)cc1. The zero-order chi connectivity index (χ0) is 15.9. The van der Waals surface area contributed by atoms with Crippen molar-refractivity contribution in [1.29, 1.82) is 0 Å². The van der Waals surface area contributed by atoms with Crippen LogP contribution in [0.3, 0.4) is 0 Å². The van der Waals surface area contributed by atoms with Crippen LogP contribution in [0.4, 0.5) is 8.78 Å². The lowest BCUT2D eigenvalue weighted by molar-refractivity contribution is 0.469. The Balaban J connectivity index is 1.94. The molecular weight excluding hydrogens is 278 g/mol. The van der Waals surface area contributed by atoms with Gasteiger partial charge < -0.3 is 0 Å². The maximum absolute atomic E-state index is 13.3. The fourth-order valence-corrected chi connectivity index (χ4v) is 2.83. The van der Waals surface area contributed by atoms with Crippen LogP contribution >= 0.6 is 0 Å². The van der Waals surface area contributed by atoms with Crippen LogP contribution in [0.1, 0.15) is 45.1 Å². The highest BCUT2D eigenvalue weighted by Gasteiger charge is 2.05. The molecule has 0 heterocycles. The fourth-order valence-electron chi connectivity index (χ4n) is 2.83. The van der Waals surface area contributed by atoms with Gasteiger partial charge in [-0.2, -0.15) is 0 Å². The van der Waals surface area contributed by atoms with Gasteiger partial charge in [0.25, 0.3) is 0 Å². The number of rotatable bonds is 7. The summed E-state index contributed by atoms with van der Waals surface area (Å²) in [5.41, 5.74) is 2.93. The van der Waals surface area contributed by atoms with Gasteiger partial charge in [-0.25, -0.2) is 8.78 Å². The Hall–Kier alpha value is -1.70. The summed E-state index contributed by atoms with van der Waals surface area (Å²) in [5.74, 6) is -0.806. The lowest BCUT2D eigenvalue weighted by atomic mass is 9.96. The number of hydrogen-bond donors (Lipinski definition) is 0. The Morgan fingerprint density at radius 2 is 1.55 bits per heavy atom. The molecule has 2 aromatic rings. The van der Waals surface area contributed by atoms with E-state index < -0.39 is 11.6 Å². The lowest BCUT2D eigenvalue weighted by Gasteiger charge is -2.10. The van der Waals surface area contributed by atoms with Gasteiger partial charge in [0.05, 0.1) is 0 Å². The van der Waals surface area contributed by atoms with E-state index in [1.54, 1.807) is 6.07 Å². The molecule has 0 fully saturated rings. The Kier molecular flexibility index (Phi) is 6.11. The van der Waals surface area contributed by atoms with E-state index in [0.29, 0.717) is 5.56 Å². The van der Waals surface area contributed by atoms with Gasteiger partial charge in [-0.05, 0) is 47.6 Å². The molecule has 2 heteroatoms. The van der Waals surface area contributed by atoms with Crippen LogP contribution < -0.4 is 0 Å². The summed E-state index contributed by atoms with van der Waals surface area (Å²) in [6.07, 6.45) is 6.09. The summed E-state index contributed by atoms with van der Waals surface area (Å²) in [6, 6.07) is 12.2. The van der Waals surface area contributed by atoms with Crippen molar-refractivity contribution < 1.29 is 8.78 Å². The van der Waals surface area contributed by atoms with Crippen molar-refractivity contribution in [1.82, 2.24) is 0 Å². The molecule has 0 saturated carbocycles. The second-order valence-electron chi connectivity index (χ2n) is 6.11. The van der Waals surface area contributed by atoms with Crippen molar-refractivity contribution in [2.24, 2.45) is 5.92 Å². The van der Waals surface area contributed by atoms with E-state index in [1.165, 1.54) is 43.4 Å². The van der Waals surface area contributed by atoms with E-state index >= 15 is 0 Å². The van der Waals surface area contributed by atoms with Crippen LogP contribution in [0.15, 0.2) is 42.5 Å². The molecule has 2 aromatic carbocycles. The maximum Gasteiger partial charge on any atom is 0.159 e. The predicted molar refractivity (Wildman–Crippen MR) is 88.8 cm³/mol. The molecule has 1 unspecified atom stereocenters. The molecule has 0 aliphatic carbocycles. The second-order valence-corrected chi connectivity index (χ2v) is 6.11. The highest BCUT2D eigenvalue weighted by atomic mass is 19.2. The molecule has 0 aliphatic rings. The topological polar surface area (TPSA) is 0 Å². The third kappa shape index (κ3) is 4.66. The molecule has 0 aliphatic heterocycles. The second kappa shape index (κ2) is 8.07. The minimum Gasteiger partial charge on any atom is -0.204 e. The van der Waals surface area contributed by atoms with Crippen molar-refractivity contribution in [2.45, 2.75) is 46.0 Å². The number of benzene rings is 2. The van der Waals surface area contributed by atoms with Crippen LogP contribution in [0.25, 0.3) is 11.1 Å². The minimum absolute atomic E-state index is 0.710. The van der Waals surface area contributed by atoms with E-state index in [-0.39, 0.29) is 0 Å². The van der Waals surface area contributed by atoms with E-state index in [2.05, 4.69) is 26.0 Å². The van der Waals surface area contributed by atoms with Crippen LogP contribution in [0.2, 0.25) is 0 Å². The van der Waals surface area contributed by atoms with Gasteiger partial charge in [0.1, 0.15) is 0 Å². The average molecular weight is 302 g/mol. The average Bonchev–Trinajstić information content (AvgIpc) is 2.51. The van der Waals surface area contributed by atoms with Crippen molar-refractivity contribution in [3.05, 3.63) is 59.7 Å². The largest absolute Gasteiger partial charge is 0.204 e. The van der Waals surface area contributed by atoms with E-state index in [1.807, 2.05) is 12.1 Å². The van der Waals surface area contributed by atoms with Gasteiger partial charge in [0.15, 0.2) is 11.6 Å². The summed E-state index contributed by atoms with van der Waals surface area (Å²) in [7, 11) is 0. The van der Waals surface area contributed by atoms with Gasteiger partial charge in [-0.3, -0.25) is 0 Å². The van der Waals surface area contributed by atoms with Crippen molar-refractivity contribution in [3.63, 3.8) is 0 Å². The monoisotopic (exact) mass is 302 g/mol. The zero-order valence-electron chi connectivity index (χ0n) is 13.4. The maximum atomic E-state index is 13.3. The van der Waals surface area contributed by atoms with Crippen LogP contribution in [0.5, 0.6) is 0 Å². The Bertz CT molecular complexity index is 587. The molecule has 118 valence electrons. The molecule has 1 atom stereocenters. The molecule has 0 nitrogen and oxygen atoms in total. The first-order valence-electron chi connectivity index (χ1n) is 8.14. The number of halogens is 2. The highest BCUT2D eigenvalue weighted by Crippen LogP contribution is 2.23.